The number of ether oxygens (including phenoxy) is 4. The molecule has 110 valence electrons. The van der Waals surface area contributed by atoms with Gasteiger partial charge in [0.25, 0.3) is 0 Å². The second kappa shape index (κ2) is 7.20. The monoisotopic (exact) mass is 278 g/mol. The van der Waals surface area contributed by atoms with E-state index in [0.29, 0.717) is 13.2 Å². The molecule has 0 bridgehead atoms. The van der Waals surface area contributed by atoms with Gasteiger partial charge in [0.1, 0.15) is 5.75 Å². The van der Waals surface area contributed by atoms with Gasteiger partial charge in [-0.15, -0.1) is 0 Å². The molecule has 2 rings (SSSR count). The number of hydrogen-bond donors (Lipinski definition) is 0. The van der Waals surface area contributed by atoms with E-state index in [1.54, 1.807) is 0 Å². The molecule has 20 heavy (non-hydrogen) atoms. The maximum absolute atomic E-state index is 5.70. The van der Waals surface area contributed by atoms with Crippen LogP contribution in [0.15, 0.2) is 29.8 Å². The summed E-state index contributed by atoms with van der Waals surface area (Å²) in [7, 11) is 0. The second-order valence-electron chi connectivity index (χ2n) is 5.08. The lowest BCUT2D eigenvalue weighted by Crippen LogP contribution is -2.13. The molecule has 0 fully saturated rings. The SMILES string of the molecule is CC(C)=CCOC(C)CCOc1ccc2c(c1)OCO2. The molecule has 0 saturated carbocycles. The Morgan fingerprint density at radius 3 is 2.90 bits per heavy atom. The number of rotatable bonds is 7. The van der Waals surface area contributed by atoms with Crippen molar-refractivity contribution < 1.29 is 18.9 Å². The first-order valence-corrected chi connectivity index (χ1v) is 6.92. The smallest absolute Gasteiger partial charge is 0.231 e. The van der Waals surface area contributed by atoms with E-state index in [1.807, 2.05) is 18.2 Å². The van der Waals surface area contributed by atoms with Gasteiger partial charge in [-0.2, -0.15) is 0 Å². The molecular formula is C16H22O4. The number of allylic oxidation sites excluding steroid dienone is 1. The third-order valence-electron chi connectivity index (χ3n) is 3.01. The fourth-order valence-electron chi connectivity index (χ4n) is 1.77. The maximum Gasteiger partial charge on any atom is 0.231 e. The molecule has 0 spiro atoms. The molecule has 4 nitrogen and oxygen atoms in total. The van der Waals surface area contributed by atoms with Crippen molar-refractivity contribution in [3.05, 3.63) is 29.8 Å². The predicted molar refractivity (Wildman–Crippen MR) is 77.5 cm³/mol. The Bertz CT molecular complexity index is 464. The van der Waals surface area contributed by atoms with Gasteiger partial charge in [0.2, 0.25) is 6.79 Å². The molecule has 0 saturated heterocycles. The molecule has 0 radical (unpaired) electrons. The van der Waals surface area contributed by atoms with Crippen LogP contribution in [0.1, 0.15) is 27.2 Å². The van der Waals surface area contributed by atoms with E-state index in [0.717, 1.165) is 23.7 Å². The molecule has 4 heteroatoms. The predicted octanol–water partition coefficient (Wildman–Crippen LogP) is 3.56. The average Bonchev–Trinajstić information content (AvgIpc) is 2.85. The Balaban J connectivity index is 1.69. The number of fused-ring (bicyclic) bond motifs is 1. The fourth-order valence-corrected chi connectivity index (χ4v) is 1.77. The molecule has 1 aliphatic heterocycles. The first kappa shape index (κ1) is 14.7. The molecule has 1 heterocycles. The molecule has 0 aromatic heterocycles. The van der Waals surface area contributed by atoms with Crippen molar-refractivity contribution in [3.8, 4) is 17.2 Å². The van der Waals surface area contributed by atoms with Crippen molar-refractivity contribution >= 4 is 0 Å². The van der Waals surface area contributed by atoms with Gasteiger partial charge in [-0.1, -0.05) is 11.6 Å². The lowest BCUT2D eigenvalue weighted by atomic mass is 10.3. The zero-order valence-electron chi connectivity index (χ0n) is 12.3. The van der Waals surface area contributed by atoms with Gasteiger partial charge in [0.05, 0.1) is 19.3 Å². The molecule has 1 atom stereocenters. The highest BCUT2D eigenvalue weighted by Gasteiger charge is 2.13. The van der Waals surface area contributed by atoms with Gasteiger partial charge in [0.15, 0.2) is 11.5 Å². The van der Waals surface area contributed by atoms with E-state index in [2.05, 4.69) is 26.8 Å². The molecule has 0 N–H and O–H groups in total. The van der Waals surface area contributed by atoms with Crippen molar-refractivity contribution in [1.82, 2.24) is 0 Å². The van der Waals surface area contributed by atoms with Gasteiger partial charge in [-0.05, 0) is 32.9 Å². The first-order chi connectivity index (χ1) is 9.65. The third kappa shape index (κ3) is 4.46. The topological polar surface area (TPSA) is 36.9 Å². The molecule has 1 aliphatic rings. The third-order valence-corrected chi connectivity index (χ3v) is 3.01. The standard InChI is InChI=1S/C16H22O4/c1-12(2)6-8-17-13(3)7-9-18-14-4-5-15-16(10-14)20-11-19-15/h4-6,10,13H,7-9,11H2,1-3H3. The average molecular weight is 278 g/mol. The summed E-state index contributed by atoms with van der Waals surface area (Å²) in [6.07, 6.45) is 3.11. The zero-order valence-corrected chi connectivity index (χ0v) is 12.3. The minimum atomic E-state index is 0.180. The second-order valence-corrected chi connectivity index (χ2v) is 5.08. The van der Waals surface area contributed by atoms with Crippen LogP contribution in [0.5, 0.6) is 17.2 Å². The summed E-state index contributed by atoms with van der Waals surface area (Å²) in [5.74, 6) is 2.32. The Morgan fingerprint density at radius 2 is 2.10 bits per heavy atom. The zero-order chi connectivity index (χ0) is 14.4. The highest BCUT2D eigenvalue weighted by Crippen LogP contribution is 2.35. The molecular weight excluding hydrogens is 256 g/mol. The van der Waals surface area contributed by atoms with Crippen molar-refractivity contribution in [3.63, 3.8) is 0 Å². The van der Waals surface area contributed by atoms with Crippen LogP contribution < -0.4 is 14.2 Å². The van der Waals surface area contributed by atoms with Gasteiger partial charge in [-0.25, -0.2) is 0 Å². The molecule has 1 aromatic rings. The molecule has 1 aromatic carbocycles. The largest absolute Gasteiger partial charge is 0.493 e. The Labute approximate surface area is 120 Å². The summed E-state index contributed by atoms with van der Waals surface area (Å²) in [5, 5.41) is 0. The van der Waals surface area contributed by atoms with E-state index in [1.165, 1.54) is 5.57 Å². The maximum atomic E-state index is 5.70. The van der Waals surface area contributed by atoms with Crippen molar-refractivity contribution in [2.45, 2.75) is 33.3 Å². The van der Waals surface area contributed by atoms with Gasteiger partial charge in [0, 0.05) is 12.5 Å². The van der Waals surface area contributed by atoms with Crippen molar-refractivity contribution in [2.24, 2.45) is 0 Å². The van der Waals surface area contributed by atoms with Gasteiger partial charge >= 0.3 is 0 Å². The van der Waals surface area contributed by atoms with E-state index in [-0.39, 0.29) is 12.9 Å². The van der Waals surface area contributed by atoms with E-state index in [4.69, 9.17) is 18.9 Å². The minimum absolute atomic E-state index is 0.180. The minimum Gasteiger partial charge on any atom is -0.493 e. The van der Waals surface area contributed by atoms with Crippen LogP contribution in [0, 0.1) is 0 Å². The van der Waals surface area contributed by atoms with Crippen molar-refractivity contribution in [2.75, 3.05) is 20.0 Å². The van der Waals surface area contributed by atoms with E-state index >= 15 is 0 Å². The Kier molecular flexibility index (Phi) is 5.30. The van der Waals surface area contributed by atoms with Crippen LogP contribution in [0.4, 0.5) is 0 Å². The van der Waals surface area contributed by atoms with Crippen LogP contribution in [0.2, 0.25) is 0 Å². The number of hydrogen-bond acceptors (Lipinski definition) is 4. The molecule has 0 amide bonds. The highest BCUT2D eigenvalue weighted by atomic mass is 16.7. The summed E-state index contributed by atoms with van der Waals surface area (Å²) in [6, 6.07) is 5.62. The van der Waals surface area contributed by atoms with Crippen LogP contribution in [-0.2, 0) is 4.74 Å². The van der Waals surface area contributed by atoms with E-state index < -0.39 is 0 Å². The number of benzene rings is 1. The summed E-state index contributed by atoms with van der Waals surface area (Å²) in [6.45, 7) is 7.76. The molecule has 1 unspecified atom stereocenters. The van der Waals surface area contributed by atoms with E-state index in [9.17, 15) is 0 Å². The fraction of sp³-hybridized carbons (Fsp3) is 0.500. The van der Waals surface area contributed by atoms with Crippen LogP contribution in [0.25, 0.3) is 0 Å². The molecule has 0 aliphatic carbocycles. The lowest BCUT2D eigenvalue weighted by molar-refractivity contribution is 0.0697. The quantitative estimate of drug-likeness (QED) is 0.715. The van der Waals surface area contributed by atoms with Crippen LogP contribution >= 0.6 is 0 Å². The first-order valence-electron chi connectivity index (χ1n) is 6.92. The summed E-state index contributed by atoms with van der Waals surface area (Å²) < 4.78 is 21.9. The summed E-state index contributed by atoms with van der Waals surface area (Å²) in [4.78, 5) is 0. The summed E-state index contributed by atoms with van der Waals surface area (Å²) >= 11 is 0. The Hall–Kier alpha value is -1.68. The normalized spacial score (nSPS) is 13.9. The van der Waals surface area contributed by atoms with Crippen LogP contribution in [-0.4, -0.2) is 26.1 Å². The van der Waals surface area contributed by atoms with Gasteiger partial charge < -0.3 is 18.9 Å². The van der Waals surface area contributed by atoms with Crippen LogP contribution in [0.3, 0.4) is 0 Å². The lowest BCUT2D eigenvalue weighted by Gasteiger charge is -2.13. The highest BCUT2D eigenvalue weighted by molar-refractivity contribution is 5.46. The van der Waals surface area contributed by atoms with Crippen molar-refractivity contribution in [1.29, 1.82) is 0 Å². The Morgan fingerprint density at radius 1 is 1.30 bits per heavy atom. The summed E-state index contributed by atoms with van der Waals surface area (Å²) in [5.41, 5.74) is 1.27. The van der Waals surface area contributed by atoms with Gasteiger partial charge in [-0.3, -0.25) is 0 Å².